The predicted octanol–water partition coefficient (Wildman–Crippen LogP) is 1.11. The second-order valence-corrected chi connectivity index (χ2v) is 4.08. The van der Waals surface area contributed by atoms with Gasteiger partial charge in [0.15, 0.2) is 0 Å². The van der Waals surface area contributed by atoms with Gasteiger partial charge in [0.25, 0.3) is 11.5 Å². The van der Waals surface area contributed by atoms with Gasteiger partial charge in [-0.1, -0.05) is 11.6 Å². The molecule has 0 saturated carbocycles. The highest BCUT2D eigenvalue weighted by atomic mass is 35.5. The van der Waals surface area contributed by atoms with Crippen LogP contribution in [0.1, 0.15) is 11.6 Å². The van der Waals surface area contributed by atoms with E-state index in [1.54, 1.807) is 10.9 Å². The van der Waals surface area contributed by atoms with Crippen molar-refractivity contribution in [2.75, 3.05) is 13.1 Å². The van der Waals surface area contributed by atoms with Crippen LogP contribution in [0.2, 0.25) is 0 Å². The van der Waals surface area contributed by atoms with Gasteiger partial charge >= 0.3 is 0 Å². The van der Waals surface area contributed by atoms with Crippen molar-refractivity contribution in [1.29, 1.82) is 0 Å². The Hall–Kier alpha value is -1.10. The summed E-state index contributed by atoms with van der Waals surface area (Å²) in [5.41, 5.74) is -0.856. The average Bonchev–Trinajstić information content (AvgIpc) is 2.49. The summed E-state index contributed by atoms with van der Waals surface area (Å²) < 4.78 is 14.2. The van der Waals surface area contributed by atoms with Gasteiger partial charge in [0.05, 0.1) is 12.2 Å². The SMILES string of the molecule is Cc1cnn(C2CN(C(=O)C(F)Cl)C2)c1. The van der Waals surface area contributed by atoms with Crippen LogP contribution in [-0.2, 0) is 4.79 Å². The van der Waals surface area contributed by atoms with E-state index >= 15 is 0 Å². The van der Waals surface area contributed by atoms with Crippen molar-refractivity contribution in [3.63, 3.8) is 0 Å². The molecule has 1 amide bonds. The first-order valence-electron chi connectivity index (χ1n) is 4.65. The van der Waals surface area contributed by atoms with E-state index < -0.39 is 11.5 Å². The second kappa shape index (κ2) is 3.81. The fraction of sp³-hybridized carbons (Fsp3) is 0.556. The highest BCUT2D eigenvalue weighted by molar-refractivity contribution is 6.29. The van der Waals surface area contributed by atoms with Gasteiger partial charge in [-0.25, -0.2) is 4.39 Å². The highest BCUT2D eigenvalue weighted by Crippen LogP contribution is 2.22. The number of aryl methyl sites for hydroxylation is 1. The van der Waals surface area contributed by atoms with Gasteiger partial charge in [0.1, 0.15) is 0 Å². The fourth-order valence-electron chi connectivity index (χ4n) is 1.57. The summed E-state index contributed by atoms with van der Waals surface area (Å²) >= 11 is 5.05. The molecule has 0 N–H and O–H groups in total. The first-order valence-corrected chi connectivity index (χ1v) is 5.09. The van der Waals surface area contributed by atoms with Crippen molar-refractivity contribution in [3.05, 3.63) is 18.0 Å². The molecule has 1 aromatic rings. The fourth-order valence-corrected chi connectivity index (χ4v) is 1.71. The van der Waals surface area contributed by atoms with Gasteiger partial charge in [-0.05, 0) is 12.5 Å². The molecule has 1 aromatic heterocycles. The van der Waals surface area contributed by atoms with Gasteiger partial charge in [-0.15, -0.1) is 0 Å². The molecule has 1 aliphatic heterocycles. The second-order valence-electron chi connectivity index (χ2n) is 3.70. The largest absolute Gasteiger partial charge is 0.335 e. The van der Waals surface area contributed by atoms with E-state index in [9.17, 15) is 9.18 Å². The molecule has 82 valence electrons. The number of halogens is 2. The molecule has 2 rings (SSSR count). The van der Waals surface area contributed by atoms with E-state index in [0.29, 0.717) is 13.1 Å². The lowest BCUT2D eigenvalue weighted by Gasteiger charge is -2.39. The van der Waals surface area contributed by atoms with Crippen LogP contribution >= 0.6 is 11.6 Å². The lowest BCUT2D eigenvalue weighted by Crippen LogP contribution is -2.52. The standard InChI is InChI=1S/C9H11ClFN3O/c1-6-2-12-14(3-6)7-4-13(5-7)9(15)8(10)11/h2-3,7-8H,4-5H2,1H3. The number of hydrogen-bond donors (Lipinski definition) is 0. The Balaban J connectivity index is 1.91. The monoisotopic (exact) mass is 231 g/mol. The van der Waals surface area contributed by atoms with Crippen LogP contribution < -0.4 is 0 Å². The molecule has 1 unspecified atom stereocenters. The predicted molar refractivity (Wildman–Crippen MR) is 53.3 cm³/mol. The van der Waals surface area contributed by atoms with Crippen molar-refractivity contribution in [3.8, 4) is 0 Å². The van der Waals surface area contributed by atoms with Crippen LogP contribution in [0.4, 0.5) is 4.39 Å². The Bertz CT molecular complexity index is 373. The lowest BCUT2D eigenvalue weighted by molar-refractivity contribution is -0.139. The molecule has 2 heterocycles. The van der Waals surface area contributed by atoms with E-state index in [0.717, 1.165) is 5.56 Å². The maximum absolute atomic E-state index is 12.5. The first kappa shape index (κ1) is 10.4. The molecule has 0 bridgehead atoms. The quantitative estimate of drug-likeness (QED) is 0.716. The van der Waals surface area contributed by atoms with Crippen LogP contribution in [0.25, 0.3) is 0 Å². The van der Waals surface area contributed by atoms with Crippen molar-refractivity contribution in [1.82, 2.24) is 14.7 Å². The molecular formula is C9H11ClFN3O. The number of carbonyl (C=O) groups is 1. The highest BCUT2D eigenvalue weighted by Gasteiger charge is 2.35. The van der Waals surface area contributed by atoms with Crippen LogP contribution in [0, 0.1) is 6.92 Å². The molecule has 1 saturated heterocycles. The minimum Gasteiger partial charge on any atom is -0.335 e. The molecule has 0 aliphatic carbocycles. The van der Waals surface area contributed by atoms with E-state index in [1.807, 2.05) is 13.1 Å². The van der Waals surface area contributed by atoms with E-state index in [4.69, 9.17) is 11.6 Å². The van der Waals surface area contributed by atoms with Gasteiger partial charge in [0, 0.05) is 19.3 Å². The molecule has 4 nitrogen and oxygen atoms in total. The van der Waals surface area contributed by atoms with Gasteiger partial charge in [0.2, 0.25) is 0 Å². The Morgan fingerprint density at radius 2 is 2.40 bits per heavy atom. The van der Waals surface area contributed by atoms with Crippen molar-refractivity contribution in [2.24, 2.45) is 0 Å². The Morgan fingerprint density at radius 3 is 2.87 bits per heavy atom. The van der Waals surface area contributed by atoms with E-state index in [2.05, 4.69) is 5.10 Å². The number of amides is 1. The minimum atomic E-state index is -1.93. The third kappa shape index (κ3) is 1.97. The number of likely N-dealkylation sites (tertiary alicyclic amines) is 1. The van der Waals surface area contributed by atoms with Crippen LogP contribution in [0.15, 0.2) is 12.4 Å². The van der Waals surface area contributed by atoms with Gasteiger partial charge < -0.3 is 4.90 Å². The Labute approximate surface area is 91.6 Å². The topological polar surface area (TPSA) is 38.1 Å². The number of hydrogen-bond acceptors (Lipinski definition) is 2. The summed E-state index contributed by atoms with van der Waals surface area (Å²) in [5.74, 6) is -0.656. The normalized spacial score (nSPS) is 18.7. The maximum Gasteiger partial charge on any atom is 0.272 e. The third-order valence-electron chi connectivity index (χ3n) is 2.47. The molecule has 0 aromatic carbocycles. The Kier molecular flexibility index (Phi) is 2.65. The average molecular weight is 232 g/mol. The van der Waals surface area contributed by atoms with Gasteiger partial charge in [-0.3, -0.25) is 9.48 Å². The van der Waals surface area contributed by atoms with E-state index in [1.165, 1.54) is 4.90 Å². The zero-order chi connectivity index (χ0) is 11.0. The van der Waals surface area contributed by atoms with Crippen molar-refractivity contribution < 1.29 is 9.18 Å². The summed E-state index contributed by atoms with van der Waals surface area (Å²) in [7, 11) is 0. The van der Waals surface area contributed by atoms with Crippen LogP contribution in [0.5, 0.6) is 0 Å². The third-order valence-corrected chi connectivity index (χ3v) is 2.65. The molecule has 0 radical (unpaired) electrons. The minimum absolute atomic E-state index is 0.151. The zero-order valence-electron chi connectivity index (χ0n) is 8.23. The molecule has 15 heavy (non-hydrogen) atoms. The van der Waals surface area contributed by atoms with Crippen molar-refractivity contribution >= 4 is 17.5 Å². The number of carbonyl (C=O) groups excluding carboxylic acids is 1. The molecule has 1 aliphatic rings. The number of nitrogens with zero attached hydrogens (tertiary/aromatic N) is 3. The van der Waals surface area contributed by atoms with Crippen LogP contribution in [0.3, 0.4) is 0 Å². The zero-order valence-corrected chi connectivity index (χ0v) is 8.99. The Morgan fingerprint density at radius 1 is 1.73 bits per heavy atom. The van der Waals surface area contributed by atoms with Crippen LogP contribution in [-0.4, -0.2) is 39.3 Å². The van der Waals surface area contributed by atoms with Gasteiger partial charge in [-0.2, -0.15) is 5.10 Å². The first-order chi connectivity index (χ1) is 7.08. The molecular weight excluding hydrogens is 221 g/mol. The van der Waals surface area contributed by atoms with E-state index in [-0.39, 0.29) is 6.04 Å². The molecule has 1 fully saturated rings. The summed E-state index contributed by atoms with van der Waals surface area (Å²) in [5, 5.41) is 4.13. The number of aromatic nitrogens is 2. The lowest BCUT2D eigenvalue weighted by atomic mass is 10.1. The summed E-state index contributed by atoms with van der Waals surface area (Å²) in [6, 6.07) is 0.151. The summed E-state index contributed by atoms with van der Waals surface area (Å²) in [6.45, 7) is 2.90. The number of alkyl halides is 2. The number of rotatable bonds is 2. The molecule has 1 atom stereocenters. The molecule has 0 spiro atoms. The summed E-state index contributed by atoms with van der Waals surface area (Å²) in [4.78, 5) is 12.5. The maximum atomic E-state index is 12.5. The summed E-state index contributed by atoms with van der Waals surface area (Å²) in [6.07, 6.45) is 3.66. The smallest absolute Gasteiger partial charge is 0.272 e. The van der Waals surface area contributed by atoms with Crippen molar-refractivity contribution in [2.45, 2.75) is 18.6 Å². The molecule has 6 heteroatoms.